The van der Waals surface area contributed by atoms with Gasteiger partial charge in [0.25, 0.3) is 5.56 Å². The van der Waals surface area contributed by atoms with Crippen LogP contribution in [-0.2, 0) is 17.8 Å². The molecule has 30 heavy (non-hydrogen) atoms. The van der Waals surface area contributed by atoms with Gasteiger partial charge >= 0.3 is 5.97 Å². The molecule has 0 radical (unpaired) electrons. The summed E-state index contributed by atoms with van der Waals surface area (Å²) in [7, 11) is 0. The molecule has 0 fully saturated rings. The molecule has 0 saturated heterocycles. The molecule has 2 aromatic heterocycles. The molecule has 4 aromatic rings. The fourth-order valence-corrected chi connectivity index (χ4v) is 3.85. The molecule has 0 unspecified atom stereocenters. The second-order valence-electron chi connectivity index (χ2n) is 6.57. The predicted molar refractivity (Wildman–Crippen MR) is 119 cm³/mol. The van der Waals surface area contributed by atoms with Crippen molar-refractivity contribution in [3.63, 3.8) is 0 Å². The third kappa shape index (κ3) is 4.69. The van der Waals surface area contributed by atoms with Gasteiger partial charge in [0.2, 0.25) is 0 Å². The minimum absolute atomic E-state index is 0.0679. The lowest BCUT2D eigenvalue weighted by Gasteiger charge is -2.12. The molecule has 1 N–H and O–H groups in total. The molecule has 0 atom stereocenters. The van der Waals surface area contributed by atoms with Crippen LogP contribution in [0.1, 0.15) is 21.6 Å². The molecular formula is C22H18ClN3O3S. The van der Waals surface area contributed by atoms with Crippen LogP contribution in [0.3, 0.4) is 0 Å². The van der Waals surface area contributed by atoms with Crippen molar-refractivity contribution in [1.82, 2.24) is 9.38 Å². The van der Waals surface area contributed by atoms with Crippen LogP contribution in [0.2, 0.25) is 5.02 Å². The minimum atomic E-state index is -0.474. The molecule has 2 aromatic carbocycles. The van der Waals surface area contributed by atoms with E-state index in [1.165, 1.54) is 21.8 Å². The maximum atomic E-state index is 12.6. The van der Waals surface area contributed by atoms with E-state index in [2.05, 4.69) is 10.3 Å². The molecule has 0 aliphatic rings. The number of nitrogens with zero attached hydrogens (tertiary/aromatic N) is 2. The summed E-state index contributed by atoms with van der Waals surface area (Å²) in [6, 6.07) is 16.2. The number of benzene rings is 2. The van der Waals surface area contributed by atoms with Crippen molar-refractivity contribution >= 4 is 39.6 Å². The van der Waals surface area contributed by atoms with Crippen LogP contribution in [0.25, 0.3) is 4.96 Å². The number of rotatable bonds is 7. The van der Waals surface area contributed by atoms with Gasteiger partial charge in [-0.3, -0.25) is 9.20 Å². The molecule has 2 heterocycles. The van der Waals surface area contributed by atoms with Gasteiger partial charge < -0.3 is 10.1 Å². The Balaban J connectivity index is 1.39. The smallest absolute Gasteiger partial charge is 0.340 e. The lowest BCUT2D eigenvalue weighted by molar-refractivity contribution is 0.0469. The van der Waals surface area contributed by atoms with Crippen molar-refractivity contribution in [2.45, 2.75) is 13.0 Å². The van der Waals surface area contributed by atoms with Gasteiger partial charge in [-0.05, 0) is 36.2 Å². The molecule has 152 valence electrons. The summed E-state index contributed by atoms with van der Waals surface area (Å²) >= 11 is 7.26. The summed E-state index contributed by atoms with van der Waals surface area (Å²) in [6.45, 7) is 0.584. The van der Waals surface area contributed by atoms with Crippen molar-refractivity contribution in [2.75, 3.05) is 11.9 Å². The normalized spacial score (nSPS) is 10.8. The third-order valence-electron chi connectivity index (χ3n) is 4.50. The van der Waals surface area contributed by atoms with E-state index in [0.29, 0.717) is 33.5 Å². The number of fused-ring (bicyclic) bond motifs is 1. The maximum Gasteiger partial charge on any atom is 0.340 e. The molecule has 6 nitrogen and oxygen atoms in total. The minimum Gasteiger partial charge on any atom is -0.456 e. The van der Waals surface area contributed by atoms with Gasteiger partial charge in [0.15, 0.2) is 4.96 Å². The SMILES string of the molecule is O=C(OCc1cc(=O)n2ccsc2n1)c1ccccc1NCCc1ccc(Cl)cc1. The van der Waals surface area contributed by atoms with Crippen LogP contribution >= 0.6 is 22.9 Å². The zero-order valence-electron chi connectivity index (χ0n) is 15.9. The fraction of sp³-hybridized carbons (Fsp3) is 0.136. The largest absolute Gasteiger partial charge is 0.456 e. The molecule has 0 saturated carbocycles. The fourth-order valence-electron chi connectivity index (χ4n) is 2.99. The number of anilines is 1. The Kier molecular flexibility index (Phi) is 6.11. The number of carbonyl (C=O) groups excluding carboxylic acids is 1. The number of thiazole rings is 1. The Hall–Kier alpha value is -3.16. The Bertz CT molecular complexity index is 1230. The summed E-state index contributed by atoms with van der Waals surface area (Å²) in [5.74, 6) is -0.474. The molecule has 0 aliphatic carbocycles. The number of halogens is 1. The molecule has 0 aliphatic heterocycles. The van der Waals surface area contributed by atoms with E-state index in [-0.39, 0.29) is 12.2 Å². The molecule has 0 bridgehead atoms. The van der Waals surface area contributed by atoms with Gasteiger partial charge in [0.1, 0.15) is 6.61 Å². The number of esters is 1. The second-order valence-corrected chi connectivity index (χ2v) is 7.88. The topological polar surface area (TPSA) is 72.7 Å². The van der Waals surface area contributed by atoms with Crippen LogP contribution in [-0.4, -0.2) is 21.9 Å². The number of ether oxygens (including phenoxy) is 1. The first-order valence-electron chi connectivity index (χ1n) is 9.30. The lowest BCUT2D eigenvalue weighted by Crippen LogP contribution is -2.15. The summed E-state index contributed by atoms with van der Waals surface area (Å²) in [5.41, 5.74) is 2.49. The zero-order chi connectivity index (χ0) is 20.9. The number of carbonyl (C=O) groups is 1. The average Bonchev–Trinajstić information content (AvgIpc) is 3.23. The highest BCUT2D eigenvalue weighted by Crippen LogP contribution is 2.18. The van der Waals surface area contributed by atoms with Crippen molar-refractivity contribution in [1.29, 1.82) is 0 Å². The summed E-state index contributed by atoms with van der Waals surface area (Å²) in [4.78, 5) is 29.6. The van der Waals surface area contributed by atoms with Gasteiger partial charge in [0, 0.05) is 34.9 Å². The number of nitrogens with one attached hydrogen (secondary N) is 1. The van der Waals surface area contributed by atoms with Crippen LogP contribution < -0.4 is 10.9 Å². The predicted octanol–water partition coefficient (Wildman–Crippen LogP) is 4.42. The van der Waals surface area contributed by atoms with Crippen LogP contribution in [0, 0.1) is 0 Å². The summed E-state index contributed by atoms with van der Waals surface area (Å²) in [6.07, 6.45) is 2.45. The standard InChI is InChI=1S/C22H18ClN3O3S/c23-16-7-5-15(6-8-16)9-10-24-19-4-2-1-3-18(19)21(28)29-14-17-13-20(27)26-11-12-30-22(26)25-17/h1-8,11-13,24H,9-10,14H2. The van der Waals surface area contributed by atoms with Crippen molar-refractivity contribution in [2.24, 2.45) is 0 Å². The number of hydrogen-bond donors (Lipinski definition) is 1. The first kappa shape index (κ1) is 20.1. The van der Waals surface area contributed by atoms with E-state index in [4.69, 9.17) is 16.3 Å². The van der Waals surface area contributed by atoms with E-state index in [9.17, 15) is 9.59 Å². The molecule has 8 heteroatoms. The van der Waals surface area contributed by atoms with Gasteiger partial charge in [-0.15, -0.1) is 11.3 Å². The van der Waals surface area contributed by atoms with Gasteiger partial charge in [-0.25, -0.2) is 9.78 Å². The van der Waals surface area contributed by atoms with Crippen LogP contribution in [0.15, 0.2) is 71.0 Å². The van der Waals surface area contributed by atoms with Gasteiger partial charge in [-0.1, -0.05) is 35.9 Å². The first-order valence-corrected chi connectivity index (χ1v) is 10.6. The number of hydrogen-bond acceptors (Lipinski definition) is 6. The van der Waals surface area contributed by atoms with Crippen LogP contribution in [0.4, 0.5) is 5.69 Å². The van der Waals surface area contributed by atoms with Crippen LogP contribution in [0.5, 0.6) is 0 Å². The molecular weight excluding hydrogens is 422 g/mol. The first-order chi connectivity index (χ1) is 14.6. The second kappa shape index (κ2) is 9.11. The highest BCUT2D eigenvalue weighted by Gasteiger charge is 2.13. The van der Waals surface area contributed by atoms with Gasteiger partial charge in [-0.2, -0.15) is 0 Å². The van der Waals surface area contributed by atoms with Crippen molar-refractivity contribution < 1.29 is 9.53 Å². The summed E-state index contributed by atoms with van der Waals surface area (Å²) < 4.78 is 6.87. The third-order valence-corrected chi connectivity index (χ3v) is 5.51. The van der Waals surface area contributed by atoms with Crippen molar-refractivity contribution in [3.8, 4) is 0 Å². The quantitative estimate of drug-likeness (QED) is 0.431. The number of aromatic nitrogens is 2. The van der Waals surface area contributed by atoms with E-state index in [0.717, 1.165) is 12.0 Å². The highest BCUT2D eigenvalue weighted by molar-refractivity contribution is 7.15. The highest BCUT2D eigenvalue weighted by atomic mass is 35.5. The zero-order valence-corrected chi connectivity index (χ0v) is 17.4. The van der Waals surface area contributed by atoms with Gasteiger partial charge in [0.05, 0.1) is 11.3 Å². The Morgan fingerprint density at radius 1 is 1.17 bits per heavy atom. The van der Waals surface area contributed by atoms with E-state index >= 15 is 0 Å². The maximum absolute atomic E-state index is 12.6. The number of para-hydroxylation sites is 1. The molecule has 0 amide bonds. The molecule has 4 rings (SSSR count). The Labute approximate surface area is 181 Å². The monoisotopic (exact) mass is 439 g/mol. The summed E-state index contributed by atoms with van der Waals surface area (Å²) in [5, 5.41) is 5.77. The Morgan fingerprint density at radius 3 is 2.80 bits per heavy atom. The Morgan fingerprint density at radius 2 is 1.97 bits per heavy atom. The van der Waals surface area contributed by atoms with E-state index in [1.54, 1.807) is 23.7 Å². The molecule has 0 spiro atoms. The van der Waals surface area contributed by atoms with Crippen molar-refractivity contribution in [3.05, 3.63) is 98.4 Å². The van der Waals surface area contributed by atoms with E-state index < -0.39 is 5.97 Å². The lowest BCUT2D eigenvalue weighted by atomic mass is 10.1. The van der Waals surface area contributed by atoms with E-state index in [1.807, 2.05) is 36.4 Å². The average molecular weight is 440 g/mol.